The summed E-state index contributed by atoms with van der Waals surface area (Å²) in [6, 6.07) is 12.9. The number of carbonyl (C=O) groups excluding carboxylic acids is 1. The molecule has 18 heavy (non-hydrogen) atoms. The minimum absolute atomic E-state index is 0.154. The van der Waals surface area contributed by atoms with Gasteiger partial charge in [0.1, 0.15) is 0 Å². The van der Waals surface area contributed by atoms with Crippen molar-refractivity contribution < 1.29 is 4.79 Å². The summed E-state index contributed by atoms with van der Waals surface area (Å²) < 4.78 is 0. The van der Waals surface area contributed by atoms with E-state index in [9.17, 15) is 9.59 Å². The maximum Gasteiger partial charge on any atom is 0.256 e. The predicted molar refractivity (Wildman–Crippen MR) is 71.8 cm³/mol. The van der Waals surface area contributed by atoms with E-state index in [2.05, 4.69) is 10.3 Å². The fourth-order valence-electron chi connectivity index (χ4n) is 2.19. The van der Waals surface area contributed by atoms with E-state index in [0.29, 0.717) is 23.0 Å². The van der Waals surface area contributed by atoms with Gasteiger partial charge in [-0.3, -0.25) is 9.59 Å². The van der Waals surface area contributed by atoms with E-state index in [0.717, 1.165) is 10.8 Å². The predicted octanol–water partition coefficient (Wildman–Crippen LogP) is 2.25. The van der Waals surface area contributed by atoms with E-state index >= 15 is 0 Å². The molecule has 0 saturated heterocycles. The summed E-state index contributed by atoms with van der Waals surface area (Å²) >= 11 is 0. The highest BCUT2D eigenvalue weighted by Gasteiger charge is 2.07. The molecule has 3 rings (SSSR count). The third-order valence-electron chi connectivity index (χ3n) is 2.98. The maximum absolute atomic E-state index is 12.0. The molecule has 0 fully saturated rings. The average molecular weight is 238 g/mol. The second kappa shape index (κ2) is 4.00. The van der Waals surface area contributed by atoms with Crippen LogP contribution in [0.4, 0.5) is 5.69 Å². The van der Waals surface area contributed by atoms with Crippen LogP contribution >= 0.6 is 0 Å². The van der Waals surface area contributed by atoms with E-state index < -0.39 is 0 Å². The zero-order valence-electron chi connectivity index (χ0n) is 9.44. The quantitative estimate of drug-likeness (QED) is 0.531. The Labute approximate surface area is 102 Å². The normalized spacial score (nSPS) is 10.7. The highest BCUT2D eigenvalue weighted by Crippen LogP contribution is 2.25. The Kier molecular flexibility index (Phi) is 2.34. The van der Waals surface area contributed by atoms with Gasteiger partial charge >= 0.3 is 0 Å². The molecule has 0 saturated carbocycles. The highest BCUT2D eigenvalue weighted by atomic mass is 16.1. The first kappa shape index (κ1) is 10.5. The lowest BCUT2D eigenvalue weighted by Crippen LogP contribution is -2.07. The Bertz CT molecular complexity index is 806. The molecule has 1 heterocycles. The van der Waals surface area contributed by atoms with E-state index in [4.69, 9.17) is 0 Å². The monoisotopic (exact) mass is 238 g/mol. The number of amides is 1. The standard InChI is InChI=1S/C14H10N2O2/c17-8-15-12-7-3-6-10-9-4-1-2-5-11(9)14(18)16-13(10)12/h1-8H,(H,15,17)(H,16,18). The minimum Gasteiger partial charge on any atom is -0.327 e. The van der Waals surface area contributed by atoms with Gasteiger partial charge in [0, 0.05) is 10.8 Å². The molecule has 1 amide bonds. The summed E-state index contributed by atoms with van der Waals surface area (Å²) in [6.45, 7) is 0. The number of H-pyrrole nitrogens is 1. The van der Waals surface area contributed by atoms with E-state index in [1.54, 1.807) is 12.1 Å². The number of benzene rings is 2. The lowest BCUT2D eigenvalue weighted by molar-refractivity contribution is -0.105. The summed E-state index contributed by atoms with van der Waals surface area (Å²) in [5.74, 6) is 0. The van der Waals surface area contributed by atoms with Crippen molar-refractivity contribution >= 4 is 33.8 Å². The molecule has 0 atom stereocenters. The molecule has 3 aromatic rings. The van der Waals surface area contributed by atoms with E-state index in [1.807, 2.05) is 30.3 Å². The van der Waals surface area contributed by atoms with Crippen molar-refractivity contribution in [2.75, 3.05) is 5.32 Å². The highest BCUT2D eigenvalue weighted by molar-refractivity contribution is 6.09. The van der Waals surface area contributed by atoms with Crippen LogP contribution in [0.5, 0.6) is 0 Å². The SMILES string of the molecule is O=CNc1cccc2c1[nH]c(=O)c1ccccc12. The number of hydrogen-bond acceptors (Lipinski definition) is 2. The molecule has 0 aliphatic rings. The van der Waals surface area contributed by atoms with Crippen molar-refractivity contribution in [2.24, 2.45) is 0 Å². The van der Waals surface area contributed by atoms with Gasteiger partial charge in [-0.15, -0.1) is 0 Å². The largest absolute Gasteiger partial charge is 0.327 e. The van der Waals surface area contributed by atoms with Crippen LogP contribution in [0.2, 0.25) is 0 Å². The molecule has 0 unspecified atom stereocenters. The van der Waals surface area contributed by atoms with Gasteiger partial charge in [0.15, 0.2) is 0 Å². The van der Waals surface area contributed by atoms with Gasteiger partial charge in [0.25, 0.3) is 5.56 Å². The summed E-state index contributed by atoms with van der Waals surface area (Å²) in [7, 11) is 0. The van der Waals surface area contributed by atoms with Crippen LogP contribution in [0.15, 0.2) is 47.3 Å². The zero-order valence-corrected chi connectivity index (χ0v) is 9.44. The molecular formula is C14H10N2O2. The summed E-state index contributed by atoms with van der Waals surface area (Å²) in [5, 5.41) is 5.03. The Hall–Kier alpha value is -2.62. The van der Waals surface area contributed by atoms with Crippen LogP contribution in [0, 0.1) is 0 Å². The molecule has 2 N–H and O–H groups in total. The molecule has 0 bridgehead atoms. The van der Waals surface area contributed by atoms with E-state index in [-0.39, 0.29) is 5.56 Å². The van der Waals surface area contributed by atoms with Crippen LogP contribution in [-0.4, -0.2) is 11.4 Å². The molecular weight excluding hydrogens is 228 g/mol. The number of aromatic nitrogens is 1. The van der Waals surface area contributed by atoms with Crippen LogP contribution in [-0.2, 0) is 4.79 Å². The fraction of sp³-hybridized carbons (Fsp3) is 0. The number of fused-ring (bicyclic) bond motifs is 3. The summed E-state index contributed by atoms with van der Waals surface area (Å²) in [6.07, 6.45) is 0.599. The van der Waals surface area contributed by atoms with E-state index in [1.165, 1.54) is 0 Å². The molecule has 0 radical (unpaired) electrons. The first-order chi connectivity index (χ1) is 8.81. The topological polar surface area (TPSA) is 62.0 Å². The molecule has 0 spiro atoms. The van der Waals surface area contributed by atoms with Gasteiger partial charge in [0.05, 0.1) is 11.2 Å². The van der Waals surface area contributed by atoms with Crippen LogP contribution in [0.1, 0.15) is 0 Å². The Morgan fingerprint density at radius 2 is 1.67 bits per heavy atom. The number of rotatable bonds is 2. The van der Waals surface area contributed by atoms with Crippen molar-refractivity contribution in [3.8, 4) is 0 Å². The Balaban J connectivity index is 2.53. The van der Waals surface area contributed by atoms with Gasteiger partial charge in [0.2, 0.25) is 6.41 Å². The summed E-state index contributed by atoms with van der Waals surface area (Å²) in [5.41, 5.74) is 1.09. The first-order valence-corrected chi connectivity index (χ1v) is 5.55. The molecule has 4 nitrogen and oxygen atoms in total. The first-order valence-electron chi connectivity index (χ1n) is 5.55. The van der Waals surface area contributed by atoms with Crippen LogP contribution < -0.4 is 10.9 Å². The number of aromatic amines is 1. The maximum atomic E-state index is 12.0. The molecule has 0 aliphatic carbocycles. The second-order valence-corrected chi connectivity index (χ2v) is 3.99. The van der Waals surface area contributed by atoms with Crippen LogP contribution in [0.3, 0.4) is 0 Å². The fourth-order valence-corrected chi connectivity index (χ4v) is 2.19. The summed E-state index contributed by atoms with van der Waals surface area (Å²) in [4.78, 5) is 25.4. The van der Waals surface area contributed by atoms with Gasteiger partial charge in [-0.2, -0.15) is 0 Å². The van der Waals surface area contributed by atoms with Gasteiger partial charge in [-0.05, 0) is 17.5 Å². The molecule has 0 aliphatic heterocycles. The average Bonchev–Trinajstić information content (AvgIpc) is 2.41. The Morgan fingerprint density at radius 1 is 0.944 bits per heavy atom. The number of nitrogens with one attached hydrogen (secondary N) is 2. The molecule has 2 aromatic carbocycles. The third kappa shape index (κ3) is 1.47. The Morgan fingerprint density at radius 3 is 2.44 bits per heavy atom. The van der Waals surface area contributed by atoms with Crippen LogP contribution in [0.25, 0.3) is 21.7 Å². The lowest BCUT2D eigenvalue weighted by atomic mass is 10.1. The zero-order chi connectivity index (χ0) is 12.5. The lowest BCUT2D eigenvalue weighted by Gasteiger charge is -2.07. The van der Waals surface area contributed by atoms with Crippen molar-refractivity contribution in [3.05, 3.63) is 52.8 Å². The number of hydrogen-bond donors (Lipinski definition) is 2. The van der Waals surface area contributed by atoms with Gasteiger partial charge < -0.3 is 10.3 Å². The van der Waals surface area contributed by atoms with Crippen molar-refractivity contribution in [1.29, 1.82) is 0 Å². The van der Waals surface area contributed by atoms with Gasteiger partial charge in [-0.1, -0.05) is 30.3 Å². The number of para-hydroxylation sites is 1. The third-order valence-corrected chi connectivity index (χ3v) is 2.98. The smallest absolute Gasteiger partial charge is 0.256 e. The minimum atomic E-state index is -0.154. The van der Waals surface area contributed by atoms with Crippen molar-refractivity contribution in [2.45, 2.75) is 0 Å². The molecule has 88 valence electrons. The van der Waals surface area contributed by atoms with Crippen molar-refractivity contribution in [1.82, 2.24) is 4.98 Å². The second-order valence-electron chi connectivity index (χ2n) is 3.99. The number of pyridine rings is 1. The number of carbonyl (C=O) groups is 1. The van der Waals surface area contributed by atoms with Crippen molar-refractivity contribution in [3.63, 3.8) is 0 Å². The molecule has 4 heteroatoms. The number of anilines is 1. The molecule has 1 aromatic heterocycles. The van der Waals surface area contributed by atoms with Gasteiger partial charge in [-0.25, -0.2) is 0 Å².